The second-order valence-electron chi connectivity index (χ2n) is 6.82. The van der Waals surface area contributed by atoms with Crippen LogP contribution in [0.25, 0.3) is 0 Å². The van der Waals surface area contributed by atoms with E-state index in [0.717, 1.165) is 19.3 Å². The number of nitrogens with one attached hydrogen (secondary N) is 1. The Kier molecular flexibility index (Phi) is 7.68. The SMILES string of the molecule is CCOc1ccc(C(=O)OC(C)C(=O)NC2(C#N)CCCCC2)cc1OCC. The molecule has 1 unspecified atom stereocenters. The second-order valence-corrected chi connectivity index (χ2v) is 6.82. The van der Waals surface area contributed by atoms with Gasteiger partial charge in [0, 0.05) is 0 Å². The summed E-state index contributed by atoms with van der Waals surface area (Å²) >= 11 is 0. The number of ether oxygens (including phenoxy) is 3. The monoisotopic (exact) mass is 388 g/mol. The molecule has 1 amide bonds. The van der Waals surface area contributed by atoms with Crippen molar-refractivity contribution in [3.05, 3.63) is 23.8 Å². The van der Waals surface area contributed by atoms with Crippen LogP contribution in [0.4, 0.5) is 0 Å². The molecule has 152 valence electrons. The average molecular weight is 388 g/mol. The van der Waals surface area contributed by atoms with Gasteiger partial charge in [0.2, 0.25) is 0 Å². The summed E-state index contributed by atoms with van der Waals surface area (Å²) in [5.41, 5.74) is -0.601. The second kappa shape index (κ2) is 9.98. The summed E-state index contributed by atoms with van der Waals surface area (Å²) in [5, 5.41) is 12.3. The molecule has 1 aliphatic carbocycles. The fourth-order valence-electron chi connectivity index (χ4n) is 3.22. The number of carbonyl (C=O) groups is 2. The van der Waals surface area contributed by atoms with E-state index in [-0.39, 0.29) is 5.56 Å². The van der Waals surface area contributed by atoms with Crippen molar-refractivity contribution in [1.82, 2.24) is 5.32 Å². The zero-order valence-electron chi connectivity index (χ0n) is 16.7. The quantitative estimate of drug-likeness (QED) is 0.686. The molecular formula is C21H28N2O5. The van der Waals surface area contributed by atoms with E-state index in [4.69, 9.17) is 14.2 Å². The summed E-state index contributed by atoms with van der Waals surface area (Å²) in [7, 11) is 0. The first kappa shape index (κ1) is 21.5. The van der Waals surface area contributed by atoms with Crippen LogP contribution >= 0.6 is 0 Å². The minimum Gasteiger partial charge on any atom is -0.490 e. The molecule has 0 aliphatic heterocycles. The molecule has 0 radical (unpaired) electrons. The zero-order valence-corrected chi connectivity index (χ0v) is 16.7. The maximum atomic E-state index is 12.5. The third kappa shape index (κ3) is 5.38. The van der Waals surface area contributed by atoms with E-state index in [1.807, 2.05) is 13.8 Å². The summed E-state index contributed by atoms with van der Waals surface area (Å²) in [6, 6.07) is 6.98. The number of esters is 1. The lowest BCUT2D eigenvalue weighted by Gasteiger charge is -2.32. The van der Waals surface area contributed by atoms with Crippen molar-refractivity contribution in [1.29, 1.82) is 5.26 Å². The predicted molar refractivity (Wildman–Crippen MR) is 103 cm³/mol. The summed E-state index contributed by atoms with van der Waals surface area (Å²) in [5.74, 6) is -0.115. The van der Waals surface area contributed by atoms with Gasteiger partial charge in [0.05, 0.1) is 24.8 Å². The Labute approximate surface area is 166 Å². The minimum atomic E-state index is -1.01. The highest BCUT2D eigenvalue weighted by molar-refractivity contribution is 5.93. The van der Waals surface area contributed by atoms with Crippen LogP contribution in [0.3, 0.4) is 0 Å². The first-order chi connectivity index (χ1) is 13.4. The molecule has 1 saturated carbocycles. The van der Waals surface area contributed by atoms with Crippen molar-refractivity contribution in [2.45, 2.75) is 64.5 Å². The van der Waals surface area contributed by atoms with E-state index in [9.17, 15) is 14.9 Å². The molecular weight excluding hydrogens is 360 g/mol. The molecule has 1 atom stereocenters. The Bertz CT molecular complexity index is 735. The van der Waals surface area contributed by atoms with Gasteiger partial charge < -0.3 is 19.5 Å². The summed E-state index contributed by atoms with van der Waals surface area (Å²) < 4.78 is 16.3. The summed E-state index contributed by atoms with van der Waals surface area (Å²) in [6.45, 7) is 6.09. The number of hydrogen-bond acceptors (Lipinski definition) is 6. The van der Waals surface area contributed by atoms with Gasteiger partial charge in [-0.1, -0.05) is 19.3 Å². The molecule has 2 rings (SSSR count). The lowest BCUT2D eigenvalue weighted by Crippen LogP contribution is -2.52. The predicted octanol–water partition coefficient (Wildman–Crippen LogP) is 3.37. The van der Waals surface area contributed by atoms with E-state index in [1.54, 1.807) is 18.2 Å². The molecule has 7 heteroatoms. The van der Waals surface area contributed by atoms with Crippen LogP contribution in [0, 0.1) is 11.3 Å². The van der Waals surface area contributed by atoms with E-state index in [2.05, 4.69) is 11.4 Å². The number of carbonyl (C=O) groups excluding carboxylic acids is 2. The van der Waals surface area contributed by atoms with Crippen LogP contribution < -0.4 is 14.8 Å². The molecule has 0 spiro atoms. The van der Waals surface area contributed by atoms with Crippen molar-refractivity contribution in [3.8, 4) is 17.6 Å². The van der Waals surface area contributed by atoms with Crippen molar-refractivity contribution >= 4 is 11.9 Å². The van der Waals surface area contributed by atoms with Gasteiger partial charge in [-0.05, 0) is 51.8 Å². The van der Waals surface area contributed by atoms with Gasteiger partial charge in [-0.25, -0.2) is 4.79 Å². The van der Waals surface area contributed by atoms with Crippen LogP contribution in [0.1, 0.15) is 63.2 Å². The van der Waals surface area contributed by atoms with Crippen molar-refractivity contribution in [2.24, 2.45) is 0 Å². The van der Waals surface area contributed by atoms with Crippen LogP contribution in [0.15, 0.2) is 18.2 Å². The standard InChI is InChI=1S/C21H28N2O5/c1-4-26-17-10-9-16(13-18(17)27-5-2)20(25)28-15(3)19(24)23-21(14-22)11-7-6-8-12-21/h9-10,13,15H,4-8,11-12H2,1-3H3,(H,23,24). The molecule has 0 saturated heterocycles. The number of nitrogens with zero attached hydrogens (tertiary/aromatic N) is 1. The van der Waals surface area contributed by atoms with E-state index < -0.39 is 23.5 Å². The number of nitriles is 1. The van der Waals surface area contributed by atoms with Crippen LogP contribution in [0.5, 0.6) is 11.5 Å². The molecule has 1 fully saturated rings. The zero-order chi connectivity index (χ0) is 20.6. The number of rotatable bonds is 8. The minimum absolute atomic E-state index is 0.263. The third-order valence-electron chi connectivity index (χ3n) is 4.72. The molecule has 1 aromatic rings. The van der Waals surface area contributed by atoms with Gasteiger partial charge in [-0.15, -0.1) is 0 Å². The highest BCUT2D eigenvalue weighted by Crippen LogP contribution is 2.29. The highest BCUT2D eigenvalue weighted by atomic mass is 16.5. The molecule has 1 aliphatic rings. The van der Waals surface area contributed by atoms with Crippen LogP contribution in [-0.4, -0.2) is 36.7 Å². The largest absolute Gasteiger partial charge is 0.490 e. The van der Waals surface area contributed by atoms with Crippen molar-refractivity contribution in [3.63, 3.8) is 0 Å². The van der Waals surface area contributed by atoms with Gasteiger partial charge in [-0.2, -0.15) is 5.26 Å². The lowest BCUT2D eigenvalue weighted by atomic mass is 9.83. The van der Waals surface area contributed by atoms with E-state index in [0.29, 0.717) is 37.6 Å². The maximum Gasteiger partial charge on any atom is 0.339 e. The van der Waals surface area contributed by atoms with Crippen LogP contribution in [0.2, 0.25) is 0 Å². The number of benzene rings is 1. The Morgan fingerprint density at radius 1 is 1.14 bits per heavy atom. The first-order valence-corrected chi connectivity index (χ1v) is 9.78. The van der Waals surface area contributed by atoms with Gasteiger partial charge in [0.15, 0.2) is 17.6 Å². The topological polar surface area (TPSA) is 97.6 Å². The first-order valence-electron chi connectivity index (χ1n) is 9.78. The normalized spacial score (nSPS) is 16.4. The molecule has 1 N–H and O–H groups in total. The maximum absolute atomic E-state index is 12.5. The molecule has 0 bridgehead atoms. The van der Waals surface area contributed by atoms with Gasteiger partial charge >= 0.3 is 5.97 Å². The molecule has 0 heterocycles. The fraction of sp³-hybridized carbons (Fsp3) is 0.571. The van der Waals surface area contributed by atoms with E-state index in [1.165, 1.54) is 6.92 Å². The average Bonchev–Trinajstić information content (AvgIpc) is 2.70. The van der Waals surface area contributed by atoms with Crippen LogP contribution in [-0.2, 0) is 9.53 Å². The Hall–Kier alpha value is -2.75. The van der Waals surface area contributed by atoms with E-state index >= 15 is 0 Å². The Morgan fingerprint density at radius 3 is 2.39 bits per heavy atom. The highest BCUT2D eigenvalue weighted by Gasteiger charge is 2.35. The summed E-state index contributed by atoms with van der Waals surface area (Å²) in [6.07, 6.45) is 3.08. The van der Waals surface area contributed by atoms with Gasteiger partial charge in [0.1, 0.15) is 5.54 Å². The number of hydrogen-bond donors (Lipinski definition) is 1. The Morgan fingerprint density at radius 2 is 1.79 bits per heavy atom. The molecule has 7 nitrogen and oxygen atoms in total. The smallest absolute Gasteiger partial charge is 0.339 e. The fourth-order valence-corrected chi connectivity index (χ4v) is 3.22. The Balaban J connectivity index is 2.04. The summed E-state index contributed by atoms with van der Waals surface area (Å²) in [4.78, 5) is 24.9. The molecule has 1 aromatic carbocycles. The molecule has 0 aromatic heterocycles. The van der Waals surface area contributed by atoms with Crippen molar-refractivity contribution in [2.75, 3.05) is 13.2 Å². The number of amides is 1. The van der Waals surface area contributed by atoms with Gasteiger partial charge in [0.25, 0.3) is 5.91 Å². The lowest BCUT2D eigenvalue weighted by molar-refractivity contribution is -0.130. The third-order valence-corrected chi connectivity index (χ3v) is 4.72. The van der Waals surface area contributed by atoms with Gasteiger partial charge in [-0.3, -0.25) is 4.79 Å². The van der Waals surface area contributed by atoms with Crippen molar-refractivity contribution < 1.29 is 23.8 Å². The molecule has 28 heavy (non-hydrogen) atoms.